The number of alkyl halides is 6. The minimum Gasteiger partial charge on any atom is -0.302 e. The Balaban J connectivity index is 1.45. The van der Waals surface area contributed by atoms with E-state index in [1.54, 1.807) is 13.0 Å². The van der Waals surface area contributed by atoms with E-state index < -0.39 is 24.3 Å². The third-order valence-electron chi connectivity index (χ3n) is 7.94. The van der Waals surface area contributed by atoms with Gasteiger partial charge in [-0.2, -0.15) is 26.3 Å². The van der Waals surface area contributed by atoms with Crippen LogP contribution in [-0.4, -0.2) is 30.7 Å². The highest BCUT2D eigenvalue weighted by Gasteiger charge is 2.34. The van der Waals surface area contributed by atoms with Gasteiger partial charge in [-0.1, -0.05) is 60.7 Å². The van der Waals surface area contributed by atoms with Gasteiger partial charge in [0.15, 0.2) is 0 Å². The van der Waals surface area contributed by atoms with Crippen LogP contribution in [0.5, 0.6) is 0 Å². The first-order valence-electron chi connectivity index (χ1n) is 13.4. The van der Waals surface area contributed by atoms with Crippen LogP contribution in [0.15, 0.2) is 66.7 Å². The summed E-state index contributed by atoms with van der Waals surface area (Å²) >= 11 is 0. The van der Waals surface area contributed by atoms with Crippen LogP contribution in [0.3, 0.4) is 0 Å². The third kappa shape index (κ3) is 6.24. The van der Waals surface area contributed by atoms with Gasteiger partial charge in [-0.05, 0) is 89.1 Å². The van der Waals surface area contributed by atoms with Gasteiger partial charge in [-0.3, -0.25) is 0 Å². The van der Waals surface area contributed by atoms with E-state index in [2.05, 4.69) is 12.1 Å². The summed E-state index contributed by atoms with van der Waals surface area (Å²) < 4.78 is 78.7. The molecule has 206 valence electrons. The van der Waals surface area contributed by atoms with Gasteiger partial charge in [-0.15, -0.1) is 0 Å². The Morgan fingerprint density at radius 2 is 1.49 bits per heavy atom. The van der Waals surface area contributed by atoms with Crippen molar-refractivity contribution in [1.82, 2.24) is 4.90 Å². The number of likely N-dealkylation sites (tertiary alicyclic amines) is 1. The van der Waals surface area contributed by atoms with Crippen LogP contribution >= 0.6 is 0 Å². The number of aryl methyl sites for hydroxylation is 1. The molecule has 0 radical (unpaired) electrons. The molecular formula is C32H31F6N. The first-order valence-corrected chi connectivity index (χ1v) is 13.4. The molecule has 0 aromatic heterocycles. The lowest BCUT2D eigenvalue weighted by Gasteiger charge is -2.39. The summed E-state index contributed by atoms with van der Waals surface area (Å²) in [5.41, 5.74) is 6.47. The number of hydrogen-bond acceptors (Lipinski definition) is 1. The number of hydrogen-bond donors (Lipinski definition) is 0. The Morgan fingerprint density at radius 1 is 0.795 bits per heavy atom. The maximum Gasteiger partial charge on any atom is 0.416 e. The second-order valence-corrected chi connectivity index (χ2v) is 10.7. The van der Waals surface area contributed by atoms with Gasteiger partial charge >= 0.3 is 12.4 Å². The number of halogens is 6. The second-order valence-electron chi connectivity index (χ2n) is 10.7. The molecule has 1 nitrogen and oxygen atoms in total. The highest BCUT2D eigenvalue weighted by Crippen LogP contribution is 2.43. The fraction of sp³-hybridized carbons (Fsp3) is 0.375. The molecule has 0 N–H and O–H groups in total. The van der Waals surface area contributed by atoms with Crippen molar-refractivity contribution in [1.29, 1.82) is 0 Å². The van der Waals surface area contributed by atoms with Crippen LogP contribution in [0, 0.1) is 12.8 Å². The molecular weight excluding hydrogens is 512 g/mol. The number of rotatable bonds is 6. The number of fused-ring (bicyclic) bond motifs is 1. The molecule has 3 aromatic carbocycles. The largest absolute Gasteiger partial charge is 0.416 e. The minimum absolute atomic E-state index is 0.0459. The van der Waals surface area contributed by atoms with Crippen molar-refractivity contribution in [2.45, 2.75) is 51.4 Å². The van der Waals surface area contributed by atoms with E-state index in [1.807, 2.05) is 41.3 Å². The van der Waals surface area contributed by atoms with Crippen molar-refractivity contribution < 1.29 is 26.3 Å². The topological polar surface area (TPSA) is 3.24 Å². The lowest BCUT2D eigenvalue weighted by atomic mass is 9.84. The zero-order valence-corrected chi connectivity index (χ0v) is 21.8. The molecule has 3 aromatic rings. The summed E-state index contributed by atoms with van der Waals surface area (Å²) in [5, 5.41) is 0. The monoisotopic (exact) mass is 543 g/mol. The van der Waals surface area contributed by atoms with Gasteiger partial charge in [0, 0.05) is 19.6 Å². The summed E-state index contributed by atoms with van der Waals surface area (Å²) in [6.07, 6.45) is -6.17. The summed E-state index contributed by atoms with van der Waals surface area (Å²) in [6, 6.07) is 20.7. The predicted octanol–water partition coefficient (Wildman–Crippen LogP) is 8.74. The van der Waals surface area contributed by atoms with Crippen LogP contribution in [0.4, 0.5) is 26.3 Å². The molecule has 0 unspecified atom stereocenters. The molecule has 1 heterocycles. The van der Waals surface area contributed by atoms with Crippen LogP contribution < -0.4 is 0 Å². The Morgan fingerprint density at radius 3 is 2.18 bits per heavy atom. The summed E-state index contributed by atoms with van der Waals surface area (Å²) in [7, 11) is 0. The van der Waals surface area contributed by atoms with Crippen molar-refractivity contribution in [3.8, 4) is 0 Å². The molecule has 1 aliphatic heterocycles. The zero-order chi connectivity index (χ0) is 27.8. The highest BCUT2D eigenvalue weighted by atomic mass is 19.4. The maximum atomic E-state index is 13.8. The van der Waals surface area contributed by atoms with Gasteiger partial charge in [0.2, 0.25) is 0 Å². The van der Waals surface area contributed by atoms with Crippen LogP contribution in [-0.2, 0) is 19.0 Å². The maximum absolute atomic E-state index is 13.8. The Kier molecular flexibility index (Phi) is 7.64. The van der Waals surface area contributed by atoms with Gasteiger partial charge in [0.05, 0.1) is 12.0 Å². The number of benzene rings is 3. The van der Waals surface area contributed by atoms with Crippen LogP contribution in [0.25, 0.3) is 11.1 Å². The van der Waals surface area contributed by atoms with E-state index in [0.717, 1.165) is 53.2 Å². The molecule has 0 bridgehead atoms. The standard InChI is InChI=1S/C32H31F6N/c1-21-26(9-5-11-29(21)32(36,37)38)28-10-4-7-24-6-2-3-8-27(24)30(28)25-14-12-22(13-15-25)18-23-19-39(20-23)17-16-31(33,34)35/h2-3,5-6,8-9,11-15,23H,4,7,10,16-20H2,1H3. The first-order chi connectivity index (χ1) is 18.5. The van der Waals surface area contributed by atoms with E-state index in [4.69, 9.17) is 0 Å². The molecule has 0 atom stereocenters. The smallest absolute Gasteiger partial charge is 0.302 e. The van der Waals surface area contributed by atoms with E-state index >= 15 is 0 Å². The van der Waals surface area contributed by atoms with Gasteiger partial charge in [0.25, 0.3) is 0 Å². The molecule has 0 amide bonds. The van der Waals surface area contributed by atoms with Crippen molar-refractivity contribution in [2.24, 2.45) is 5.92 Å². The van der Waals surface area contributed by atoms with Gasteiger partial charge < -0.3 is 4.90 Å². The number of allylic oxidation sites excluding steroid dienone is 1. The van der Waals surface area contributed by atoms with Gasteiger partial charge in [-0.25, -0.2) is 0 Å². The fourth-order valence-electron chi connectivity index (χ4n) is 6.01. The molecule has 39 heavy (non-hydrogen) atoms. The van der Waals surface area contributed by atoms with E-state index in [1.165, 1.54) is 11.6 Å². The molecule has 1 fully saturated rings. The van der Waals surface area contributed by atoms with Crippen LogP contribution in [0.2, 0.25) is 0 Å². The average molecular weight is 544 g/mol. The Hall–Kier alpha value is -3.06. The van der Waals surface area contributed by atoms with Crippen LogP contribution in [0.1, 0.15) is 58.2 Å². The summed E-state index contributed by atoms with van der Waals surface area (Å²) in [4.78, 5) is 1.84. The molecule has 0 spiro atoms. The lowest BCUT2D eigenvalue weighted by molar-refractivity contribution is -0.141. The fourth-order valence-corrected chi connectivity index (χ4v) is 6.01. The SMILES string of the molecule is Cc1c(C2=C(c3ccc(CC4CN(CCC(F)(F)F)C4)cc3)c3ccccc3CCC2)cccc1C(F)(F)F. The lowest BCUT2D eigenvalue weighted by Crippen LogP contribution is -2.48. The number of nitrogens with zero attached hydrogens (tertiary/aromatic N) is 1. The molecule has 2 aliphatic rings. The molecule has 7 heteroatoms. The normalized spacial score (nSPS) is 17.1. The van der Waals surface area contributed by atoms with Crippen molar-refractivity contribution in [3.05, 3.63) is 106 Å². The van der Waals surface area contributed by atoms with E-state index in [9.17, 15) is 26.3 Å². The molecule has 1 saturated heterocycles. The van der Waals surface area contributed by atoms with Gasteiger partial charge in [0.1, 0.15) is 0 Å². The molecule has 5 rings (SSSR count). The quantitative estimate of drug-likeness (QED) is 0.281. The highest BCUT2D eigenvalue weighted by molar-refractivity contribution is 6.00. The zero-order valence-electron chi connectivity index (χ0n) is 21.8. The first kappa shape index (κ1) is 27.5. The molecule has 1 aliphatic carbocycles. The molecule has 0 saturated carbocycles. The third-order valence-corrected chi connectivity index (χ3v) is 7.94. The average Bonchev–Trinajstić information content (AvgIpc) is 3.04. The van der Waals surface area contributed by atoms with Crippen molar-refractivity contribution in [3.63, 3.8) is 0 Å². The minimum atomic E-state index is -4.42. The van der Waals surface area contributed by atoms with E-state index in [0.29, 0.717) is 31.0 Å². The predicted molar refractivity (Wildman–Crippen MR) is 142 cm³/mol. The summed E-state index contributed by atoms with van der Waals surface area (Å²) in [6.45, 7) is 2.92. The Labute approximate surface area is 225 Å². The van der Waals surface area contributed by atoms with E-state index in [-0.39, 0.29) is 12.1 Å². The van der Waals surface area contributed by atoms with Crippen molar-refractivity contribution >= 4 is 11.1 Å². The van der Waals surface area contributed by atoms with Crippen molar-refractivity contribution in [2.75, 3.05) is 19.6 Å². The summed E-state index contributed by atoms with van der Waals surface area (Å²) in [5.74, 6) is 0.324. The second kappa shape index (κ2) is 10.8. The Bertz CT molecular complexity index is 1340.